The number of hydrogen-bond donors (Lipinski definition) is 1. The number of halogens is 1. The Morgan fingerprint density at radius 2 is 2.11 bits per heavy atom. The van der Waals surface area contributed by atoms with Gasteiger partial charge in [-0.1, -0.05) is 6.07 Å². The lowest BCUT2D eigenvalue weighted by Crippen LogP contribution is -2.42. The number of nitrogens with zero attached hydrogens (tertiary/aromatic N) is 2. The molecule has 1 saturated heterocycles. The fourth-order valence-corrected chi connectivity index (χ4v) is 3.09. The topological polar surface area (TPSA) is 71.5 Å². The van der Waals surface area contributed by atoms with Gasteiger partial charge in [0.2, 0.25) is 16.0 Å². The summed E-state index contributed by atoms with van der Waals surface area (Å²) in [6.07, 6.45) is 0. The van der Waals surface area contributed by atoms with Gasteiger partial charge in [-0.25, -0.2) is 13.4 Å². The normalized spacial score (nSPS) is 17.3. The van der Waals surface area contributed by atoms with Crippen LogP contribution in [0, 0.1) is 5.95 Å². The third-order valence-electron chi connectivity index (χ3n) is 2.74. The van der Waals surface area contributed by atoms with Crippen LogP contribution in [0.2, 0.25) is 0 Å². The zero-order valence-electron chi connectivity index (χ0n) is 10.4. The van der Waals surface area contributed by atoms with Crippen molar-refractivity contribution in [3.8, 4) is 0 Å². The number of nitrogens with one attached hydrogen (secondary N) is 1. The highest BCUT2D eigenvalue weighted by Gasteiger charge is 2.23. The summed E-state index contributed by atoms with van der Waals surface area (Å²) in [5.74, 6) is -0.316. The summed E-state index contributed by atoms with van der Waals surface area (Å²) in [6.45, 7) is 1.83. The predicted molar refractivity (Wildman–Crippen MR) is 68.9 cm³/mol. The molecule has 6 nitrogen and oxygen atoms in total. The summed E-state index contributed by atoms with van der Waals surface area (Å²) < 4.78 is 43.3. The minimum atomic E-state index is -3.29. The van der Waals surface area contributed by atoms with E-state index in [-0.39, 0.29) is 12.3 Å². The van der Waals surface area contributed by atoms with Crippen molar-refractivity contribution in [2.24, 2.45) is 0 Å². The molecule has 0 atom stereocenters. The minimum absolute atomic E-state index is 0.0504. The molecule has 0 radical (unpaired) electrons. The Kier molecular flexibility index (Phi) is 4.67. The number of anilines is 1. The van der Waals surface area contributed by atoms with E-state index >= 15 is 0 Å². The summed E-state index contributed by atoms with van der Waals surface area (Å²) in [5, 5.41) is 2.79. The molecule has 19 heavy (non-hydrogen) atoms. The summed E-state index contributed by atoms with van der Waals surface area (Å²) >= 11 is 0. The molecule has 0 aromatic carbocycles. The molecular weight excluding hydrogens is 273 g/mol. The van der Waals surface area contributed by atoms with Gasteiger partial charge >= 0.3 is 0 Å². The van der Waals surface area contributed by atoms with Crippen molar-refractivity contribution in [3.05, 3.63) is 24.1 Å². The lowest BCUT2D eigenvalue weighted by Gasteiger charge is -2.26. The SMILES string of the molecule is O=S(=O)(CCNc1cccc(F)n1)N1CCOCC1. The van der Waals surface area contributed by atoms with Crippen LogP contribution in [-0.2, 0) is 14.8 Å². The number of ether oxygens (including phenoxy) is 1. The van der Waals surface area contributed by atoms with E-state index in [1.165, 1.54) is 16.4 Å². The van der Waals surface area contributed by atoms with Crippen molar-refractivity contribution >= 4 is 15.8 Å². The van der Waals surface area contributed by atoms with Crippen LogP contribution in [0.1, 0.15) is 0 Å². The molecule has 0 bridgehead atoms. The first-order chi connectivity index (χ1) is 9.08. The molecule has 1 aromatic heterocycles. The molecule has 0 aliphatic carbocycles. The van der Waals surface area contributed by atoms with Crippen LogP contribution in [0.4, 0.5) is 10.2 Å². The van der Waals surface area contributed by atoms with Crippen LogP contribution in [0.5, 0.6) is 0 Å². The van der Waals surface area contributed by atoms with Gasteiger partial charge in [-0.05, 0) is 12.1 Å². The molecule has 2 heterocycles. The molecule has 0 saturated carbocycles. The predicted octanol–water partition coefficient (Wildman–Crippen LogP) is 0.295. The third kappa shape index (κ3) is 4.12. The van der Waals surface area contributed by atoms with Crippen LogP contribution in [0.25, 0.3) is 0 Å². The Labute approximate surface area is 111 Å². The fraction of sp³-hybridized carbons (Fsp3) is 0.545. The van der Waals surface area contributed by atoms with E-state index in [0.29, 0.717) is 32.1 Å². The molecule has 0 amide bonds. The molecule has 106 valence electrons. The monoisotopic (exact) mass is 289 g/mol. The van der Waals surface area contributed by atoms with Gasteiger partial charge in [0, 0.05) is 19.6 Å². The summed E-state index contributed by atoms with van der Waals surface area (Å²) in [5.41, 5.74) is 0. The van der Waals surface area contributed by atoms with E-state index < -0.39 is 16.0 Å². The second-order valence-electron chi connectivity index (χ2n) is 4.10. The molecule has 2 rings (SSSR count). The third-order valence-corrected chi connectivity index (χ3v) is 4.62. The van der Waals surface area contributed by atoms with Gasteiger partial charge in [-0.3, -0.25) is 0 Å². The maximum Gasteiger partial charge on any atom is 0.215 e. The number of morpholine rings is 1. The first kappa shape index (κ1) is 14.2. The molecule has 8 heteroatoms. The second-order valence-corrected chi connectivity index (χ2v) is 6.19. The van der Waals surface area contributed by atoms with E-state index in [0.717, 1.165) is 0 Å². The van der Waals surface area contributed by atoms with Crippen LogP contribution in [0.15, 0.2) is 18.2 Å². The Morgan fingerprint density at radius 3 is 2.79 bits per heavy atom. The number of pyridine rings is 1. The van der Waals surface area contributed by atoms with E-state index in [1.807, 2.05) is 0 Å². The average Bonchev–Trinajstić information content (AvgIpc) is 2.40. The molecule has 0 spiro atoms. The Balaban J connectivity index is 1.84. The highest BCUT2D eigenvalue weighted by Crippen LogP contribution is 2.07. The molecule has 1 aromatic rings. The summed E-state index contributed by atoms with van der Waals surface area (Å²) in [7, 11) is -3.29. The van der Waals surface area contributed by atoms with Crippen molar-refractivity contribution in [2.75, 3.05) is 43.9 Å². The van der Waals surface area contributed by atoms with Gasteiger partial charge < -0.3 is 10.1 Å². The van der Waals surface area contributed by atoms with Crippen molar-refractivity contribution in [2.45, 2.75) is 0 Å². The first-order valence-corrected chi connectivity index (χ1v) is 7.61. The first-order valence-electron chi connectivity index (χ1n) is 6.00. The second kappa shape index (κ2) is 6.27. The quantitative estimate of drug-likeness (QED) is 0.789. The van der Waals surface area contributed by atoms with Crippen LogP contribution >= 0.6 is 0 Å². The minimum Gasteiger partial charge on any atom is -0.379 e. The van der Waals surface area contributed by atoms with Gasteiger partial charge in [-0.15, -0.1) is 0 Å². The largest absolute Gasteiger partial charge is 0.379 e. The standard InChI is InChI=1S/C11H16FN3O3S/c12-10-2-1-3-11(14-10)13-4-9-19(16,17)15-5-7-18-8-6-15/h1-3H,4-9H2,(H,13,14). The highest BCUT2D eigenvalue weighted by atomic mass is 32.2. The van der Waals surface area contributed by atoms with E-state index in [9.17, 15) is 12.8 Å². The molecule has 1 fully saturated rings. The van der Waals surface area contributed by atoms with Gasteiger partial charge in [0.1, 0.15) is 5.82 Å². The molecule has 1 aliphatic heterocycles. The van der Waals surface area contributed by atoms with Crippen molar-refractivity contribution in [1.29, 1.82) is 0 Å². The smallest absolute Gasteiger partial charge is 0.215 e. The maximum absolute atomic E-state index is 12.8. The van der Waals surface area contributed by atoms with Crippen molar-refractivity contribution in [1.82, 2.24) is 9.29 Å². The lowest BCUT2D eigenvalue weighted by atomic mass is 10.4. The number of sulfonamides is 1. The van der Waals surface area contributed by atoms with Crippen molar-refractivity contribution < 1.29 is 17.5 Å². The Morgan fingerprint density at radius 1 is 1.37 bits per heavy atom. The van der Waals surface area contributed by atoms with Crippen LogP contribution < -0.4 is 5.32 Å². The number of aromatic nitrogens is 1. The van der Waals surface area contributed by atoms with Crippen molar-refractivity contribution in [3.63, 3.8) is 0 Å². The summed E-state index contributed by atoms with van der Waals surface area (Å²) in [6, 6.07) is 4.33. The van der Waals surface area contributed by atoms with Gasteiger partial charge in [0.25, 0.3) is 0 Å². The molecule has 1 aliphatic rings. The Hall–Kier alpha value is -1.25. The van der Waals surface area contributed by atoms with E-state index in [1.54, 1.807) is 6.07 Å². The van der Waals surface area contributed by atoms with Crippen LogP contribution in [-0.4, -0.2) is 56.3 Å². The van der Waals surface area contributed by atoms with Gasteiger partial charge in [0.05, 0.1) is 19.0 Å². The highest BCUT2D eigenvalue weighted by molar-refractivity contribution is 7.89. The van der Waals surface area contributed by atoms with Crippen LogP contribution in [0.3, 0.4) is 0 Å². The van der Waals surface area contributed by atoms with Gasteiger partial charge in [0.15, 0.2) is 0 Å². The lowest BCUT2D eigenvalue weighted by molar-refractivity contribution is 0.0731. The molecular formula is C11H16FN3O3S. The zero-order chi connectivity index (χ0) is 13.7. The van der Waals surface area contributed by atoms with E-state index in [2.05, 4.69) is 10.3 Å². The fourth-order valence-electron chi connectivity index (χ4n) is 1.77. The average molecular weight is 289 g/mol. The Bertz CT molecular complexity index is 518. The maximum atomic E-state index is 12.8. The zero-order valence-corrected chi connectivity index (χ0v) is 11.2. The van der Waals surface area contributed by atoms with Gasteiger partial charge in [-0.2, -0.15) is 8.70 Å². The van der Waals surface area contributed by atoms with E-state index in [4.69, 9.17) is 4.74 Å². The molecule has 1 N–H and O–H groups in total. The molecule has 0 unspecified atom stereocenters. The number of hydrogen-bond acceptors (Lipinski definition) is 5. The summed E-state index contributed by atoms with van der Waals surface area (Å²) in [4.78, 5) is 3.60. The number of rotatable bonds is 5.